The molecule has 0 N–H and O–H groups in total. The molecule has 1 atom stereocenters. The van der Waals surface area contributed by atoms with Crippen LogP contribution in [0, 0.1) is 35.0 Å². The van der Waals surface area contributed by atoms with E-state index in [1.807, 2.05) is 0 Å². The van der Waals surface area contributed by atoms with Crippen LogP contribution in [-0.4, -0.2) is 42.7 Å². The van der Waals surface area contributed by atoms with Crippen LogP contribution in [-0.2, 0) is 11.2 Å². The first-order valence-corrected chi connectivity index (χ1v) is 17.6. The molecule has 0 amide bonds. The summed E-state index contributed by atoms with van der Waals surface area (Å²) >= 11 is 0. The van der Waals surface area contributed by atoms with Crippen LogP contribution in [0.15, 0.2) is 30.3 Å². The average Bonchev–Trinajstić information content (AvgIpc) is 3.22. The zero-order valence-corrected chi connectivity index (χ0v) is 28.6. The van der Waals surface area contributed by atoms with E-state index < -0.39 is 55.0 Å². The Labute approximate surface area is 271 Å². The van der Waals surface area contributed by atoms with Gasteiger partial charge in [-0.05, 0) is 65.9 Å². The fourth-order valence-corrected chi connectivity index (χ4v) is 6.03. The third-order valence-electron chi connectivity index (χ3n) is 8.62. The number of rotatable bonds is 9. The average molecular weight is 681 g/mol. The van der Waals surface area contributed by atoms with Crippen LogP contribution < -0.4 is 28.1 Å². The molecule has 1 aliphatic rings. The number of carbonyl (C=O) groups excluding carboxylic acids is 1. The van der Waals surface area contributed by atoms with Gasteiger partial charge >= 0.3 is 5.97 Å². The van der Waals surface area contributed by atoms with E-state index in [2.05, 4.69) is 33.9 Å². The van der Waals surface area contributed by atoms with E-state index in [1.165, 1.54) is 34.5 Å². The van der Waals surface area contributed by atoms with Gasteiger partial charge in [0, 0.05) is 5.56 Å². The first kappa shape index (κ1) is 35.6. The second kappa shape index (κ2) is 13.5. The molecule has 13 heteroatoms. The van der Waals surface area contributed by atoms with Gasteiger partial charge in [0.15, 0.2) is 17.2 Å². The Kier molecular flexibility index (Phi) is 10.2. The van der Waals surface area contributed by atoms with Gasteiger partial charge in [-0.1, -0.05) is 32.9 Å². The van der Waals surface area contributed by atoms with Crippen LogP contribution in [0.3, 0.4) is 0 Å². The molecule has 4 rings (SSSR count). The summed E-state index contributed by atoms with van der Waals surface area (Å²) in [5.74, 6) is -13.6. The zero-order valence-electron chi connectivity index (χ0n) is 27.6. The van der Waals surface area contributed by atoms with Crippen molar-refractivity contribution >= 4 is 19.9 Å². The first-order valence-electron chi connectivity index (χ1n) is 14.7. The van der Waals surface area contributed by atoms with E-state index in [4.69, 9.17) is 28.1 Å². The first-order chi connectivity index (χ1) is 22.0. The highest BCUT2D eigenvalue weighted by molar-refractivity contribution is 6.74. The molecule has 3 aromatic rings. The van der Waals surface area contributed by atoms with E-state index in [9.17, 15) is 26.7 Å². The molecule has 0 fully saturated rings. The van der Waals surface area contributed by atoms with Gasteiger partial charge in [0.2, 0.25) is 40.6 Å². The Morgan fingerprint density at radius 3 is 1.85 bits per heavy atom. The van der Waals surface area contributed by atoms with Crippen molar-refractivity contribution in [2.24, 2.45) is 5.92 Å². The van der Waals surface area contributed by atoms with Crippen LogP contribution in [0.2, 0.25) is 18.1 Å². The maximum Gasteiger partial charge on any atom is 0.318 e. The summed E-state index contributed by atoms with van der Waals surface area (Å²) < 4.78 is 104. The zero-order chi connectivity index (χ0) is 35.0. The molecular formula is C34H37F5O7Si. The van der Waals surface area contributed by atoms with E-state index in [-0.39, 0.29) is 17.9 Å². The lowest BCUT2D eigenvalue weighted by atomic mass is 9.92. The van der Waals surface area contributed by atoms with Crippen molar-refractivity contribution in [1.29, 1.82) is 0 Å². The Morgan fingerprint density at radius 1 is 0.745 bits per heavy atom. The summed E-state index contributed by atoms with van der Waals surface area (Å²) in [6.45, 7) is 10.4. The minimum Gasteiger partial charge on any atom is -0.541 e. The third-order valence-corrected chi connectivity index (χ3v) is 13.0. The van der Waals surface area contributed by atoms with E-state index in [0.29, 0.717) is 51.0 Å². The number of fused-ring (bicyclic) bond motifs is 1. The fourth-order valence-electron chi connectivity index (χ4n) is 5.02. The molecule has 0 saturated heterocycles. The predicted octanol–water partition coefficient (Wildman–Crippen LogP) is 8.40. The van der Waals surface area contributed by atoms with Gasteiger partial charge in [0.25, 0.3) is 8.32 Å². The second-order valence-electron chi connectivity index (χ2n) is 12.4. The Morgan fingerprint density at radius 2 is 1.32 bits per heavy atom. The van der Waals surface area contributed by atoms with Crippen molar-refractivity contribution in [3.05, 3.63) is 76.1 Å². The lowest BCUT2D eigenvalue weighted by Crippen LogP contribution is -2.43. The third kappa shape index (κ3) is 6.63. The Balaban J connectivity index is 1.93. The van der Waals surface area contributed by atoms with Gasteiger partial charge in [0.05, 0.1) is 34.4 Å². The number of methoxy groups -OCH3 is 4. The number of hydrogen-bond acceptors (Lipinski definition) is 7. The highest BCUT2D eigenvalue weighted by Gasteiger charge is 2.40. The molecule has 7 nitrogen and oxygen atoms in total. The molecular weight excluding hydrogens is 643 g/mol. The maximum absolute atomic E-state index is 14.5. The van der Waals surface area contributed by atoms with Gasteiger partial charge in [-0.25, -0.2) is 13.2 Å². The van der Waals surface area contributed by atoms with Crippen molar-refractivity contribution in [2.75, 3.05) is 28.4 Å². The van der Waals surface area contributed by atoms with E-state index in [0.717, 1.165) is 0 Å². The molecule has 47 heavy (non-hydrogen) atoms. The molecule has 0 radical (unpaired) electrons. The Hall–Kier alpha value is -4.26. The van der Waals surface area contributed by atoms with Gasteiger partial charge < -0.3 is 28.1 Å². The van der Waals surface area contributed by atoms with Crippen LogP contribution in [0.5, 0.6) is 34.5 Å². The van der Waals surface area contributed by atoms with Crippen LogP contribution >= 0.6 is 0 Å². The molecule has 0 aliphatic heterocycles. The molecule has 3 aromatic carbocycles. The standard InChI is InChI=1S/C34H37F5O7Si/c1-34(2,3)47(8,9)46-23-15-17(11-13-22(23)41-4)20-14-18(33(40)45-32-28(38)26(36)25(35)27(37)29(32)39)10-12-19-21(20)16-24(42-5)31(44-7)30(19)43-6/h11,13-16,18H,10,12H2,1-9H3/t18-/m1/s1. The number of hydrogen-bond donors (Lipinski definition) is 0. The molecule has 0 bridgehead atoms. The summed E-state index contributed by atoms with van der Waals surface area (Å²) in [7, 11) is 3.48. The number of ether oxygens (including phenoxy) is 5. The van der Waals surface area contributed by atoms with Crippen molar-refractivity contribution in [1.82, 2.24) is 0 Å². The predicted molar refractivity (Wildman–Crippen MR) is 168 cm³/mol. The molecule has 0 unspecified atom stereocenters. The summed E-state index contributed by atoms with van der Waals surface area (Å²) in [6.07, 6.45) is 1.70. The Bertz CT molecular complexity index is 1700. The second-order valence-corrected chi connectivity index (χ2v) is 17.2. The highest BCUT2D eigenvalue weighted by Crippen LogP contribution is 2.48. The number of benzene rings is 3. The number of halogens is 5. The fraction of sp³-hybridized carbons (Fsp3) is 0.382. The lowest BCUT2D eigenvalue weighted by Gasteiger charge is -2.37. The largest absolute Gasteiger partial charge is 0.541 e. The number of carbonyl (C=O) groups is 1. The monoisotopic (exact) mass is 680 g/mol. The van der Waals surface area contributed by atoms with Crippen molar-refractivity contribution < 1.29 is 54.9 Å². The summed E-state index contributed by atoms with van der Waals surface area (Å²) in [5, 5.41) is -0.155. The van der Waals surface area contributed by atoms with Gasteiger partial charge in [-0.15, -0.1) is 0 Å². The normalized spacial score (nSPS) is 14.9. The van der Waals surface area contributed by atoms with Gasteiger partial charge in [-0.2, -0.15) is 8.78 Å². The van der Waals surface area contributed by atoms with E-state index in [1.54, 1.807) is 24.3 Å². The minimum absolute atomic E-state index is 0.0139. The summed E-state index contributed by atoms with van der Waals surface area (Å²) in [6, 6.07) is 6.92. The summed E-state index contributed by atoms with van der Waals surface area (Å²) in [4.78, 5) is 13.5. The van der Waals surface area contributed by atoms with Crippen LogP contribution in [0.25, 0.3) is 5.57 Å². The maximum atomic E-state index is 14.5. The molecule has 1 aliphatic carbocycles. The highest BCUT2D eigenvalue weighted by atomic mass is 28.4. The number of esters is 1. The molecule has 0 heterocycles. The van der Waals surface area contributed by atoms with Crippen LogP contribution in [0.4, 0.5) is 22.0 Å². The molecule has 254 valence electrons. The quantitative estimate of drug-likeness (QED) is 0.0562. The van der Waals surface area contributed by atoms with Gasteiger partial charge in [-0.3, -0.25) is 4.79 Å². The van der Waals surface area contributed by atoms with Crippen molar-refractivity contribution in [3.8, 4) is 34.5 Å². The molecule has 0 saturated carbocycles. The lowest BCUT2D eigenvalue weighted by molar-refractivity contribution is -0.138. The van der Waals surface area contributed by atoms with Crippen LogP contribution in [0.1, 0.15) is 43.9 Å². The van der Waals surface area contributed by atoms with Crippen molar-refractivity contribution in [3.63, 3.8) is 0 Å². The van der Waals surface area contributed by atoms with Gasteiger partial charge in [0.1, 0.15) is 5.75 Å². The van der Waals surface area contributed by atoms with Crippen molar-refractivity contribution in [2.45, 2.75) is 51.7 Å². The minimum atomic E-state index is -2.38. The SMILES string of the molecule is COc1ccc(C2=C[C@H](C(=O)Oc3c(F)c(F)c(F)c(F)c3F)CCc3c2cc(OC)c(OC)c3OC)cc1O[Si](C)(C)C(C)(C)C. The smallest absolute Gasteiger partial charge is 0.318 e. The topological polar surface area (TPSA) is 72.5 Å². The molecule has 0 aromatic heterocycles. The van der Waals surface area contributed by atoms with E-state index >= 15 is 0 Å². The molecule has 0 spiro atoms. The summed E-state index contributed by atoms with van der Waals surface area (Å²) in [5.41, 5.74) is 2.21.